The van der Waals surface area contributed by atoms with Crippen molar-refractivity contribution in [3.63, 3.8) is 0 Å². The van der Waals surface area contributed by atoms with Gasteiger partial charge in [0.05, 0.1) is 26.8 Å². The number of rotatable bonds is 6. The molecule has 0 radical (unpaired) electrons. The quantitative estimate of drug-likeness (QED) is 0.852. The third kappa shape index (κ3) is 3.42. The molecule has 1 aromatic carbocycles. The number of hydrogen-bond acceptors (Lipinski definition) is 4. The molecule has 0 atom stereocenters. The number of methoxy groups -OCH3 is 3. The lowest BCUT2D eigenvalue weighted by Gasteiger charge is -2.17. The van der Waals surface area contributed by atoms with Crippen molar-refractivity contribution in [3.8, 4) is 17.2 Å². The van der Waals surface area contributed by atoms with Gasteiger partial charge in [-0.1, -0.05) is 20.8 Å². The van der Waals surface area contributed by atoms with Gasteiger partial charge < -0.3 is 24.5 Å². The van der Waals surface area contributed by atoms with Crippen molar-refractivity contribution >= 4 is 16.8 Å². The number of fused-ring (bicyclic) bond motifs is 1. The van der Waals surface area contributed by atoms with Gasteiger partial charge >= 0.3 is 0 Å². The Balaban J connectivity index is 2.30. The number of benzene rings is 1. The van der Waals surface area contributed by atoms with E-state index in [0.29, 0.717) is 30.2 Å². The molecule has 0 aliphatic carbocycles. The summed E-state index contributed by atoms with van der Waals surface area (Å²) in [5.74, 6) is 1.84. The van der Waals surface area contributed by atoms with Crippen LogP contribution < -0.4 is 19.5 Å². The lowest BCUT2D eigenvalue weighted by Crippen LogP contribution is -2.35. The molecule has 2 N–H and O–H groups in total. The molecule has 6 nitrogen and oxygen atoms in total. The largest absolute Gasteiger partial charge is 0.493 e. The first-order chi connectivity index (χ1) is 11.3. The first-order valence-corrected chi connectivity index (χ1v) is 7.90. The number of ether oxygens (including phenoxy) is 3. The Labute approximate surface area is 142 Å². The molecule has 0 unspecified atom stereocenters. The summed E-state index contributed by atoms with van der Waals surface area (Å²) in [5, 5.41) is 3.91. The van der Waals surface area contributed by atoms with Gasteiger partial charge in [0.25, 0.3) is 0 Å². The van der Waals surface area contributed by atoms with E-state index in [4.69, 9.17) is 14.2 Å². The Morgan fingerprint density at radius 3 is 2.33 bits per heavy atom. The van der Waals surface area contributed by atoms with Crippen LogP contribution in [0, 0.1) is 5.41 Å². The number of hydrogen-bond donors (Lipinski definition) is 2. The van der Waals surface area contributed by atoms with Gasteiger partial charge in [-0.2, -0.15) is 0 Å². The molecule has 24 heavy (non-hydrogen) atoms. The molecule has 1 amide bonds. The third-order valence-electron chi connectivity index (χ3n) is 3.91. The summed E-state index contributed by atoms with van der Waals surface area (Å²) in [6.45, 7) is 6.25. The van der Waals surface area contributed by atoms with Gasteiger partial charge in [-0.15, -0.1) is 0 Å². The normalized spacial score (nSPS) is 11.4. The van der Waals surface area contributed by atoms with Crippen LogP contribution >= 0.6 is 0 Å². The Morgan fingerprint density at radius 1 is 1.12 bits per heavy atom. The van der Waals surface area contributed by atoms with Gasteiger partial charge in [-0.25, -0.2) is 0 Å². The molecule has 0 saturated carbocycles. The van der Waals surface area contributed by atoms with Crippen molar-refractivity contribution in [1.29, 1.82) is 0 Å². The first kappa shape index (κ1) is 18.0. The van der Waals surface area contributed by atoms with E-state index in [-0.39, 0.29) is 5.91 Å². The van der Waals surface area contributed by atoms with E-state index in [1.54, 1.807) is 21.3 Å². The van der Waals surface area contributed by atoms with Crippen LogP contribution in [-0.2, 0) is 11.2 Å². The monoisotopic (exact) mass is 334 g/mol. The fourth-order valence-corrected chi connectivity index (χ4v) is 2.60. The van der Waals surface area contributed by atoms with Crippen LogP contribution in [0.15, 0.2) is 12.3 Å². The number of nitrogens with one attached hydrogen (secondary N) is 2. The summed E-state index contributed by atoms with van der Waals surface area (Å²) in [4.78, 5) is 15.2. The van der Waals surface area contributed by atoms with Crippen molar-refractivity contribution in [3.05, 3.63) is 17.8 Å². The van der Waals surface area contributed by atoms with E-state index in [1.165, 1.54) is 0 Å². The highest BCUT2D eigenvalue weighted by Crippen LogP contribution is 2.44. The van der Waals surface area contributed by atoms with E-state index in [1.807, 2.05) is 33.0 Å². The molecule has 0 fully saturated rings. The lowest BCUT2D eigenvalue weighted by atomic mass is 9.95. The Bertz CT molecular complexity index is 729. The average Bonchev–Trinajstić information content (AvgIpc) is 2.94. The average molecular weight is 334 g/mol. The Kier molecular flexibility index (Phi) is 5.26. The van der Waals surface area contributed by atoms with E-state index >= 15 is 0 Å². The highest BCUT2D eigenvalue weighted by atomic mass is 16.5. The predicted octanol–water partition coefficient (Wildman–Crippen LogP) is 2.90. The number of aromatic nitrogens is 1. The minimum atomic E-state index is -0.394. The SMILES string of the molecule is COc1cc2[nH]cc(CCNC(=O)C(C)(C)C)c2c(OC)c1OC. The van der Waals surface area contributed by atoms with Crippen LogP contribution in [0.1, 0.15) is 26.3 Å². The molecule has 0 saturated heterocycles. The summed E-state index contributed by atoms with van der Waals surface area (Å²) < 4.78 is 16.4. The maximum atomic E-state index is 12.0. The third-order valence-corrected chi connectivity index (χ3v) is 3.91. The number of carbonyl (C=O) groups is 1. The van der Waals surface area contributed by atoms with Gasteiger partial charge in [-0.3, -0.25) is 4.79 Å². The van der Waals surface area contributed by atoms with Crippen LogP contribution in [0.4, 0.5) is 0 Å². The molecule has 0 spiro atoms. The standard InChI is InChI=1S/C18H26N2O4/c1-18(2,3)17(21)19-8-7-11-10-20-12-9-13(22-4)15(23-5)16(24-6)14(11)12/h9-10,20H,7-8H2,1-6H3,(H,19,21). The van der Waals surface area contributed by atoms with Gasteiger partial charge in [0.15, 0.2) is 11.5 Å². The highest BCUT2D eigenvalue weighted by Gasteiger charge is 2.22. The zero-order valence-corrected chi connectivity index (χ0v) is 15.2. The lowest BCUT2D eigenvalue weighted by molar-refractivity contribution is -0.128. The molecule has 0 bridgehead atoms. The van der Waals surface area contributed by atoms with Crippen molar-refractivity contribution in [1.82, 2.24) is 10.3 Å². The van der Waals surface area contributed by atoms with E-state index in [2.05, 4.69) is 10.3 Å². The second-order valence-corrected chi connectivity index (χ2v) is 6.64. The van der Waals surface area contributed by atoms with Crippen molar-refractivity contribution in [2.75, 3.05) is 27.9 Å². The maximum Gasteiger partial charge on any atom is 0.225 e. The van der Waals surface area contributed by atoms with Crippen LogP contribution in [0.5, 0.6) is 17.2 Å². The van der Waals surface area contributed by atoms with Crippen LogP contribution in [-0.4, -0.2) is 38.8 Å². The molecule has 2 aromatic rings. The molecule has 0 aliphatic heterocycles. The van der Waals surface area contributed by atoms with Crippen molar-refractivity contribution < 1.29 is 19.0 Å². The second-order valence-electron chi connectivity index (χ2n) is 6.64. The minimum absolute atomic E-state index is 0.0357. The van der Waals surface area contributed by atoms with Crippen LogP contribution in [0.25, 0.3) is 10.9 Å². The molecule has 2 rings (SSSR count). The van der Waals surface area contributed by atoms with Crippen LogP contribution in [0.2, 0.25) is 0 Å². The summed E-state index contributed by atoms with van der Waals surface area (Å²) in [6.07, 6.45) is 2.61. The molecular weight excluding hydrogens is 308 g/mol. The van der Waals surface area contributed by atoms with E-state index in [9.17, 15) is 4.79 Å². The summed E-state index contributed by atoms with van der Waals surface area (Å²) >= 11 is 0. The summed E-state index contributed by atoms with van der Waals surface area (Å²) in [5.41, 5.74) is 1.56. The van der Waals surface area contributed by atoms with Crippen molar-refractivity contribution in [2.24, 2.45) is 5.41 Å². The maximum absolute atomic E-state index is 12.0. The Morgan fingerprint density at radius 2 is 1.79 bits per heavy atom. The van der Waals surface area contributed by atoms with Gasteiger partial charge in [0, 0.05) is 29.6 Å². The van der Waals surface area contributed by atoms with E-state index < -0.39 is 5.41 Å². The first-order valence-electron chi connectivity index (χ1n) is 7.90. The topological polar surface area (TPSA) is 72.6 Å². The molecular formula is C18H26N2O4. The minimum Gasteiger partial charge on any atom is -0.493 e. The molecule has 6 heteroatoms. The van der Waals surface area contributed by atoms with Gasteiger partial charge in [-0.05, 0) is 12.0 Å². The molecule has 132 valence electrons. The molecule has 1 heterocycles. The van der Waals surface area contributed by atoms with Gasteiger partial charge in [0.1, 0.15) is 0 Å². The zero-order valence-electron chi connectivity index (χ0n) is 15.2. The molecule has 1 aromatic heterocycles. The number of amides is 1. The zero-order chi connectivity index (χ0) is 17.9. The van der Waals surface area contributed by atoms with Crippen molar-refractivity contribution in [2.45, 2.75) is 27.2 Å². The fourth-order valence-electron chi connectivity index (χ4n) is 2.60. The Hall–Kier alpha value is -2.37. The van der Waals surface area contributed by atoms with Gasteiger partial charge in [0.2, 0.25) is 11.7 Å². The smallest absolute Gasteiger partial charge is 0.225 e. The second kappa shape index (κ2) is 7.03. The number of carbonyl (C=O) groups excluding carboxylic acids is 1. The predicted molar refractivity (Wildman–Crippen MR) is 94.1 cm³/mol. The molecule has 0 aliphatic rings. The van der Waals surface area contributed by atoms with Crippen LogP contribution in [0.3, 0.4) is 0 Å². The number of aromatic amines is 1. The highest BCUT2D eigenvalue weighted by molar-refractivity contribution is 5.94. The fraction of sp³-hybridized carbons (Fsp3) is 0.500. The summed E-state index contributed by atoms with van der Waals surface area (Å²) in [6, 6.07) is 1.88. The van der Waals surface area contributed by atoms with E-state index in [0.717, 1.165) is 16.5 Å². The number of H-pyrrole nitrogens is 1. The summed E-state index contributed by atoms with van der Waals surface area (Å²) in [7, 11) is 4.78.